The third kappa shape index (κ3) is 4.30. The Balaban J connectivity index is 1.78. The van der Waals surface area contributed by atoms with Crippen LogP contribution >= 0.6 is 11.3 Å². The van der Waals surface area contributed by atoms with Gasteiger partial charge in [-0.3, -0.25) is 9.52 Å². The molecule has 1 aromatic heterocycles. The van der Waals surface area contributed by atoms with Gasteiger partial charge < -0.3 is 5.32 Å². The predicted octanol–water partition coefficient (Wildman–Crippen LogP) is 3.79. The van der Waals surface area contributed by atoms with Gasteiger partial charge in [-0.1, -0.05) is 42.5 Å². The Morgan fingerprint density at radius 2 is 1.65 bits per heavy atom. The number of thiophene rings is 1. The van der Waals surface area contributed by atoms with E-state index in [1.807, 2.05) is 37.3 Å². The maximum Gasteiger partial charge on any atom is 0.271 e. The fourth-order valence-electron chi connectivity index (χ4n) is 2.40. The summed E-state index contributed by atoms with van der Waals surface area (Å²) < 4.78 is 27.8. The lowest BCUT2D eigenvalue weighted by Crippen LogP contribution is -2.24. The number of hydrogen-bond acceptors (Lipinski definition) is 4. The number of benzene rings is 2. The van der Waals surface area contributed by atoms with Gasteiger partial charge in [-0.2, -0.15) is 0 Å². The smallest absolute Gasteiger partial charge is 0.271 e. The first-order valence-electron chi connectivity index (χ1n) is 7.96. The number of amides is 1. The highest BCUT2D eigenvalue weighted by Gasteiger charge is 2.19. The molecule has 2 aromatic carbocycles. The van der Waals surface area contributed by atoms with E-state index in [9.17, 15) is 13.2 Å². The third-order valence-corrected chi connectivity index (χ3v) is 6.55. The number of hydrogen-bond donors (Lipinski definition) is 2. The zero-order valence-electron chi connectivity index (χ0n) is 14.1. The minimum atomic E-state index is -3.73. The summed E-state index contributed by atoms with van der Waals surface area (Å²) in [5.74, 6) is -0.338. The van der Waals surface area contributed by atoms with Crippen LogP contribution in [-0.2, 0) is 16.6 Å². The number of carbonyl (C=O) groups excluding carboxylic acids is 1. The monoisotopic (exact) mass is 386 g/mol. The van der Waals surface area contributed by atoms with E-state index in [2.05, 4.69) is 10.0 Å². The van der Waals surface area contributed by atoms with Crippen molar-refractivity contribution in [2.24, 2.45) is 0 Å². The number of aryl methyl sites for hydroxylation is 1. The van der Waals surface area contributed by atoms with Crippen molar-refractivity contribution in [3.63, 3.8) is 0 Å². The molecule has 5 nitrogen and oxygen atoms in total. The van der Waals surface area contributed by atoms with Crippen LogP contribution < -0.4 is 10.0 Å². The molecule has 0 aliphatic rings. The minimum Gasteiger partial charge on any atom is -0.348 e. The molecular weight excluding hydrogens is 368 g/mol. The van der Waals surface area contributed by atoms with Gasteiger partial charge in [0.2, 0.25) is 0 Å². The van der Waals surface area contributed by atoms with Gasteiger partial charge in [0.1, 0.15) is 4.21 Å². The van der Waals surface area contributed by atoms with Gasteiger partial charge >= 0.3 is 0 Å². The van der Waals surface area contributed by atoms with Crippen molar-refractivity contribution in [2.45, 2.75) is 17.7 Å². The molecule has 1 heterocycles. The van der Waals surface area contributed by atoms with Crippen LogP contribution in [0, 0.1) is 6.92 Å². The average Bonchev–Trinajstić information content (AvgIpc) is 3.08. The molecule has 3 aromatic rings. The van der Waals surface area contributed by atoms with Gasteiger partial charge in [0.05, 0.1) is 11.3 Å². The van der Waals surface area contributed by atoms with Gasteiger partial charge in [-0.05, 0) is 36.8 Å². The van der Waals surface area contributed by atoms with E-state index in [0.717, 1.165) is 10.4 Å². The Bertz CT molecular complexity index is 1010. The lowest BCUT2D eigenvalue weighted by atomic mass is 10.1. The van der Waals surface area contributed by atoms with Crippen LogP contribution in [0.4, 0.5) is 5.69 Å². The summed E-state index contributed by atoms with van der Waals surface area (Å²) in [6, 6.07) is 19.4. The van der Waals surface area contributed by atoms with E-state index in [4.69, 9.17) is 0 Å². The van der Waals surface area contributed by atoms with Gasteiger partial charge in [-0.15, -0.1) is 11.3 Å². The van der Waals surface area contributed by atoms with Crippen LogP contribution in [-0.4, -0.2) is 14.3 Å². The standard InChI is InChI=1S/C19H18N2O3S2/c1-14-11-12-18(25-14)26(23,24)21-17-10-6-5-9-16(17)19(22)20-13-15-7-3-2-4-8-15/h2-12,21H,13H2,1H3,(H,20,22). The molecule has 0 fully saturated rings. The second-order valence-corrected chi connectivity index (χ2v) is 8.88. The van der Waals surface area contributed by atoms with Gasteiger partial charge in [0.25, 0.3) is 15.9 Å². The zero-order chi connectivity index (χ0) is 18.6. The molecule has 1 amide bonds. The van der Waals surface area contributed by atoms with E-state index >= 15 is 0 Å². The normalized spacial score (nSPS) is 11.1. The van der Waals surface area contributed by atoms with Crippen LogP contribution in [0.2, 0.25) is 0 Å². The first kappa shape index (κ1) is 18.2. The van der Waals surface area contributed by atoms with Crippen molar-refractivity contribution in [1.82, 2.24) is 5.32 Å². The fourth-order valence-corrected chi connectivity index (χ4v) is 4.76. The average molecular weight is 386 g/mol. The molecule has 0 bridgehead atoms. The molecule has 26 heavy (non-hydrogen) atoms. The molecule has 7 heteroatoms. The number of anilines is 1. The van der Waals surface area contributed by atoms with Gasteiger partial charge in [0.15, 0.2) is 0 Å². The van der Waals surface area contributed by atoms with E-state index < -0.39 is 10.0 Å². The molecule has 0 aliphatic carbocycles. The van der Waals surface area contributed by atoms with E-state index in [-0.39, 0.29) is 21.4 Å². The maximum absolute atomic E-state index is 12.5. The summed E-state index contributed by atoms with van der Waals surface area (Å²) in [5.41, 5.74) is 1.50. The number of sulfonamides is 1. The number of para-hydroxylation sites is 1. The van der Waals surface area contributed by atoms with Crippen molar-refractivity contribution in [3.8, 4) is 0 Å². The molecule has 0 saturated heterocycles. The second kappa shape index (κ2) is 7.72. The first-order chi connectivity index (χ1) is 12.5. The number of nitrogens with one attached hydrogen (secondary N) is 2. The molecule has 134 valence electrons. The molecule has 0 saturated carbocycles. The van der Waals surface area contributed by atoms with Crippen LogP contribution in [0.25, 0.3) is 0 Å². The van der Waals surface area contributed by atoms with Crippen LogP contribution in [0.15, 0.2) is 70.9 Å². The molecule has 0 atom stereocenters. The highest BCUT2D eigenvalue weighted by atomic mass is 32.2. The SMILES string of the molecule is Cc1ccc(S(=O)(=O)Nc2ccccc2C(=O)NCc2ccccc2)s1. The van der Waals surface area contributed by atoms with Crippen molar-refractivity contribution in [1.29, 1.82) is 0 Å². The van der Waals surface area contributed by atoms with E-state index in [1.54, 1.807) is 36.4 Å². The predicted molar refractivity (Wildman–Crippen MR) is 104 cm³/mol. The Hall–Kier alpha value is -2.64. The van der Waals surface area contributed by atoms with E-state index in [1.165, 1.54) is 11.3 Å². The van der Waals surface area contributed by atoms with Crippen LogP contribution in [0.1, 0.15) is 20.8 Å². The topological polar surface area (TPSA) is 75.3 Å². The van der Waals surface area contributed by atoms with Crippen LogP contribution in [0.5, 0.6) is 0 Å². The quantitative estimate of drug-likeness (QED) is 0.677. The summed E-state index contributed by atoms with van der Waals surface area (Å²) in [6.07, 6.45) is 0. The van der Waals surface area contributed by atoms with Crippen molar-refractivity contribution in [3.05, 3.63) is 82.7 Å². The summed E-state index contributed by atoms with van der Waals surface area (Å²) in [7, 11) is -3.73. The van der Waals surface area contributed by atoms with Crippen molar-refractivity contribution >= 4 is 33.0 Å². The summed E-state index contributed by atoms with van der Waals surface area (Å²) >= 11 is 1.18. The Kier molecular flexibility index (Phi) is 5.39. The lowest BCUT2D eigenvalue weighted by molar-refractivity contribution is 0.0952. The Morgan fingerprint density at radius 3 is 2.35 bits per heavy atom. The number of rotatable bonds is 6. The first-order valence-corrected chi connectivity index (χ1v) is 10.3. The Morgan fingerprint density at radius 1 is 0.962 bits per heavy atom. The second-order valence-electron chi connectivity index (χ2n) is 5.68. The third-order valence-electron chi connectivity index (χ3n) is 3.69. The minimum absolute atomic E-state index is 0.217. The molecule has 2 N–H and O–H groups in total. The molecule has 0 radical (unpaired) electrons. The molecule has 3 rings (SSSR count). The molecular formula is C19H18N2O3S2. The lowest BCUT2D eigenvalue weighted by Gasteiger charge is -2.12. The van der Waals surface area contributed by atoms with Gasteiger partial charge in [0, 0.05) is 11.4 Å². The highest BCUT2D eigenvalue weighted by Crippen LogP contribution is 2.25. The van der Waals surface area contributed by atoms with Gasteiger partial charge in [-0.25, -0.2) is 8.42 Å². The summed E-state index contributed by atoms with van der Waals surface area (Å²) in [6.45, 7) is 2.21. The van der Waals surface area contributed by atoms with Crippen molar-refractivity contribution in [2.75, 3.05) is 4.72 Å². The van der Waals surface area contributed by atoms with Crippen molar-refractivity contribution < 1.29 is 13.2 Å². The molecule has 0 spiro atoms. The fraction of sp³-hybridized carbons (Fsp3) is 0.105. The maximum atomic E-state index is 12.5. The molecule has 0 aliphatic heterocycles. The molecule has 0 unspecified atom stereocenters. The van der Waals surface area contributed by atoms with Crippen LogP contribution in [0.3, 0.4) is 0 Å². The summed E-state index contributed by atoms with van der Waals surface area (Å²) in [4.78, 5) is 13.4. The largest absolute Gasteiger partial charge is 0.348 e. The number of carbonyl (C=O) groups is 1. The Labute approximate surface area is 156 Å². The highest BCUT2D eigenvalue weighted by molar-refractivity contribution is 7.94. The zero-order valence-corrected chi connectivity index (χ0v) is 15.7. The summed E-state index contributed by atoms with van der Waals surface area (Å²) in [5, 5.41) is 2.81. The van der Waals surface area contributed by atoms with E-state index in [0.29, 0.717) is 6.54 Å².